The molecule has 1 aromatic heterocycles. The number of nitrogens with zero attached hydrogens (tertiary/aromatic N) is 2. The van der Waals surface area contributed by atoms with Gasteiger partial charge in [-0.2, -0.15) is 0 Å². The monoisotopic (exact) mass is 423 g/mol. The Balaban J connectivity index is 1.43. The predicted molar refractivity (Wildman–Crippen MR) is 115 cm³/mol. The molecule has 1 fully saturated rings. The van der Waals surface area contributed by atoms with Gasteiger partial charge >= 0.3 is 5.97 Å². The van der Waals surface area contributed by atoms with Crippen molar-refractivity contribution in [3.63, 3.8) is 0 Å². The Morgan fingerprint density at radius 2 is 2.03 bits per heavy atom. The zero-order valence-corrected chi connectivity index (χ0v) is 17.3. The zero-order chi connectivity index (χ0) is 21.1. The largest absolute Gasteiger partial charge is 0.466 e. The number of carbonyl (C=O) groups is 3. The molecule has 1 aliphatic heterocycles. The molecule has 1 aliphatic rings. The number of aromatic nitrogens is 1. The van der Waals surface area contributed by atoms with Crippen LogP contribution >= 0.6 is 11.3 Å². The van der Waals surface area contributed by atoms with E-state index in [1.54, 1.807) is 17.2 Å². The number of hydrogen-bond acceptors (Lipinski definition) is 6. The summed E-state index contributed by atoms with van der Waals surface area (Å²) in [6.07, 6.45) is 0.215. The van der Waals surface area contributed by atoms with Gasteiger partial charge in [0.15, 0.2) is 5.13 Å². The lowest BCUT2D eigenvalue weighted by Crippen LogP contribution is -2.28. The van der Waals surface area contributed by atoms with Crippen LogP contribution in [0.15, 0.2) is 47.8 Å². The quantitative estimate of drug-likeness (QED) is 0.614. The van der Waals surface area contributed by atoms with Crippen molar-refractivity contribution < 1.29 is 19.1 Å². The molecule has 154 valence electrons. The van der Waals surface area contributed by atoms with Crippen LogP contribution < -0.4 is 10.2 Å². The smallest absolute Gasteiger partial charge is 0.311 e. The van der Waals surface area contributed by atoms with Gasteiger partial charge < -0.3 is 15.0 Å². The van der Waals surface area contributed by atoms with Crippen molar-refractivity contribution in [3.8, 4) is 0 Å². The fourth-order valence-corrected chi connectivity index (χ4v) is 4.29. The molecule has 0 saturated carbocycles. The first-order valence-corrected chi connectivity index (χ1v) is 10.6. The molecule has 4 rings (SSSR count). The molecule has 8 heteroatoms. The molecule has 3 aromatic rings. The molecule has 30 heavy (non-hydrogen) atoms. The lowest BCUT2D eigenvalue weighted by molar-refractivity contribution is -0.142. The van der Waals surface area contributed by atoms with Gasteiger partial charge in [0.05, 0.1) is 30.3 Å². The van der Waals surface area contributed by atoms with E-state index < -0.39 is 5.92 Å². The van der Waals surface area contributed by atoms with Gasteiger partial charge in [-0.15, -0.1) is 11.3 Å². The minimum absolute atomic E-state index is 0.0665. The summed E-state index contributed by atoms with van der Waals surface area (Å²) in [5.74, 6) is -1.14. The number of amides is 2. The minimum Gasteiger partial charge on any atom is -0.466 e. The Morgan fingerprint density at radius 3 is 2.87 bits per heavy atom. The summed E-state index contributed by atoms with van der Waals surface area (Å²) in [7, 11) is 0. The number of benzene rings is 2. The normalized spacial score (nSPS) is 16.1. The molecule has 0 radical (unpaired) electrons. The highest BCUT2D eigenvalue weighted by Crippen LogP contribution is 2.32. The molecule has 0 aliphatic carbocycles. The van der Waals surface area contributed by atoms with Gasteiger partial charge in [0.1, 0.15) is 0 Å². The number of carbonyl (C=O) groups excluding carboxylic acids is 3. The molecule has 0 bridgehead atoms. The number of anilines is 2. The standard InChI is InChI=1S/C22H21N3O4S/c1-2-29-20(27)11-16-13-30-22(23-16)24-21(28)15-10-19(26)25(12-15)18-9-5-7-14-6-3-4-8-17(14)18/h3-9,13,15H,2,10-12H2,1H3,(H,23,24,28)/t15-/m1/s1. The van der Waals surface area contributed by atoms with Gasteiger partial charge in [-0.1, -0.05) is 36.4 Å². The molecule has 0 unspecified atom stereocenters. The van der Waals surface area contributed by atoms with Crippen LogP contribution in [-0.2, 0) is 25.5 Å². The molecule has 7 nitrogen and oxygen atoms in total. The zero-order valence-electron chi connectivity index (χ0n) is 16.5. The molecular weight excluding hydrogens is 402 g/mol. The van der Waals surface area contributed by atoms with Crippen molar-refractivity contribution in [3.05, 3.63) is 53.5 Å². The van der Waals surface area contributed by atoms with Crippen molar-refractivity contribution in [1.29, 1.82) is 0 Å². The fraction of sp³-hybridized carbons (Fsp3) is 0.273. The van der Waals surface area contributed by atoms with Gasteiger partial charge in [0.2, 0.25) is 11.8 Å². The van der Waals surface area contributed by atoms with Crippen molar-refractivity contribution in [1.82, 2.24) is 4.98 Å². The summed E-state index contributed by atoms with van der Waals surface area (Å²) in [5.41, 5.74) is 1.37. The van der Waals surface area contributed by atoms with Crippen LogP contribution in [0.3, 0.4) is 0 Å². The molecule has 1 saturated heterocycles. The van der Waals surface area contributed by atoms with Gasteiger partial charge in [0, 0.05) is 23.7 Å². The van der Waals surface area contributed by atoms with Gasteiger partial charge in [-0.05, 0) is 18.4 Å². The van der Waals surface area contributed by atoms with E-state index >= 15 is 0 Å². The molecule has 2 heterocycles. The second-order valence-electron chi connectivity index (χ2n) is 7.02. The molecule has 1 N–H and O–H groups in total. The second-order valence-corrected chi connectivity index (χ2v) is 7.88. The first-order valence-electron chi connectivity index (χ1n) is 9.74. The Labute approximate surface area is 177 Å². The number of ether oxygens (including phenoxy) is 1. The van der Waals surface area contributed by atoms with E-state index in [4.69, 9.17) is 4.74 Å². The summed E-state index contributed by atoms with van der Waals surface area (Å²) < 4.78 is 4.91. The van der Waals surface area contributed by atoms with Crippen molar-refractivity contribution >= 4 is 50.7 Å². The minimum atomic E-state index is -0.464. The Bertz CT molecular complexity index is 1110. The summed E-state index contributed by atoms with van der Waals surface area (Å²) >= 11 is 1.25. The maximum absolute atomic E-state index is 12.7. The third kappa shape index (κ3) is 4.18. The van der Waals surface area contributed by atoms with Crippen LogP contribution in [0, 0.1) is 5.92 Å². The van der Waals surface area contributed by atoms with Crippen LogP contribution in [0.1, 0.15) is 19.0 Å². The van der Waals surface area contributed by atoms with Crippen LogP contribution in [0.25, 0.3) is 10.8 Å². The van der Waals surface area contributed by atoms with Crippen LogP contribution in [0.4, 0.5) is 10.8 Å². The average molecular weight is 423 g/mol. The fourth-order valence-electron chi connectivity index (χ4n) is 3.57. The lowest BCUT2D eigenvalue weighted by Gasteiger charge is -2.18. The van der Waals surface area contributed by atoms with E-state index in [1.807, 2.05) is 42.5 Å². The highest BCUT2D eigenvalue weighted by Gasteiger charge is 2.36. The van der Waals surface area contributed by atoms with Crippen LogP contribution in [0.2, 0.25) is 0 Å². The SMILES string of the molecule is CCOC(=O)Cc1csc(NC(=O)[C@@H]2CC(=O)N(c3cccc4ccccc34)C2)n1. The van der Waals surface area contributed by atoms with Crippen molar-refractivity contribution in [2.24, 2.45) is 5.92 Å². The summed E-state index contributed by atoms with van der Waals surface area (Å²) in [6, 6.07) is 13.7. The topological polar surface area (TPSA) is 88.6 Å². The molecule has 1 atom stereocenters. The van der Waals surface area contributed by atoms with E-state index in [0.29, 0.717) is 24.0 Å². The van der Waals surface area contributed by atoms with Gasteiger partial charge in [-0.25, -0.2) is 4.98 Å². The maximum Gasteiger partial charge on any atom is 0.311 e. The lowest BCUT2D eigenvalue weighted by atomic mass is 10.1. The number of hydrogen-bond donors (Lipinski definition) is 1. The van der Waals surface area contributed by atoms with Crippen LogP contribution in [0.5, 0.6) is 0 Å². The predicted octanol–water partition coefficient (Wildman–Crippen LogP) is 3.39. The number of thiazole rings is 1. The van der Waals surface area contributed by atoms with E-state index in [1.165, 1.54) is 11.3 Å². The highest BCUT2D eigenvalue weighted by atomic mass is 32.1. The van der Waals surface area contributed by atoms with Gasteiger partial charge in [-0.3, -0.25) is 14.4 Å². The van der Waals surface area contributed by atoms with E-state index in [-0.39, 0.29) is 30.6 Å². The van der Waals surface area contributed by atoms with Crippen LogP contribution in [-0.4, -0.2) is 35.9 Å². The molecule has 2 amide bonds. The Morgan fingerprint density at radius 1 is 1.23 bits per heavy atom. The summed E-state index contributed by atoms with van der Waals surface area (Å²) in [4.78, 5) is 42.9. The van der Waals surface area contributed by atoms with Crippen molar-refractivity contribution in [2.45, 2.75) is 19.8 Å². The number of nitrogens with one attached hydrogen (secondary N) is 1. The van der Waals surface area contributed by atoms with Gasteiger partial charge in [0.25, 0.3) is 0 Å². The number of fused-ring (bicyclic) bond motifs is 1. The number of esters is 1. The highest BCUT2D eigenvalue weighted by molar-refractivity contribution is 7.13. The van der Waals surface area contributed by atoms with E-state index in [2.05, 4.69) is 10.3 Å². The third-order valence-corrected chi connectivity index (χ3v) is 5.77. The Kier molecular flexibility index (Phi) is 5.76. The summed E-state index contributed by atoms with van der Waals surface area (Å²) in [6.45, 7) is 2.38. The number of rotatable bonds is 6. The van der Waals surface area contributed by atoms with Crippen molar-refractivity contribution in [2.75, 3.05) is 23.4 Å². The first kappa shape index (κ1) is 20.0. The molecule has 2 aromatic carbocycles. The third-order valence-electron chi connectivity index (χ3n) is 4.97. The molecule has 0 spiro atoms. The van der Waals surface area contributed by atoms with E-state index in [9.17, 15) is 14.4 Å². The second kappa shape index (κ2) is 8.62. The molecular formula is C22H21N3O4S. The van der Waals surface area contributed by atoms with E-state index in [0.717, 1.165) is 16.5 Å². The summed E-state index contributed by atoms with van der Waals surface area (Å²) in [5, 5.41) is 6.94. The average Bonchev–Trinajstić information content (AvgIpc) is 3.34. The maximum atomic E-state index is 12.7. The Hall–Kier alpha value is -3.26. The first-order chi connectivity index (χ1) is 14.5.